The largest absolute Gasteiger partial charge is 0.487 e. The predicted octanol–water partition coefficient (Wildman–Crippen LogP) is 3.92. The second-order valence-corrected chi connectivity index (χ2v) is 5.71. The highest BCUT2D eigenvalue weighted by atomic mass is 79.9. The summed E-state index contributed by atoms with van der Waals surface area (Å²) in [6.07, 6.45) is 0.934. The van der Waals surface area contributed by atoms with Gasteiger partial charge in [-0.3, -0.25) is 0 Å². The fraction of sp³-hybridized carbons (Fsp3) is 0.538. The lowest BCUT2D eigenvalue weighted by molar-refractivity contribution is -0.0761. The van der Waals surface area contributed by atoms with E-state index in [9.17, 15) is 0 Å². The molecule has 94 valence electrons. The van der Waals surface area contributed by atoms with Crippen molar-refractivity contribution in [1.82, 2.24) is 0 Å². The Morgan fingerprint density at radius 1 is 1.47 bits per heavy atom. The van der Waals surface area contributed by atoms with E-state index in [0.29, 0.717) is 6.61 Å². The fourth-order valence-corrected chi connectivity index (χ4v) is 2.66. The molecule has 0 spiro atoms. The first-order chi connectivity index (χ1) is 8.11. The third-order valence-corrected chi connectivity index (χ3v) is 3.89. The van der Waals surface area contributed by atoms with Crippen LogP contribution in [0.15, 0.2) is 22.7 Å². The van der Waals surface area contributed by atoms with Crippen molar-refractivity contribution >= 4 is 27.5 Å². The molecule has 0 aliphatic heterocycles. The van der Waals surface area contributed by atoms with Crippen LogP contribution in [0.1, 0.15) is 18.9 Å². The summed E-state index contributed by atoms with van der Waals surface area (Å²) in [6.45, 7) is 4.68. The van der Waals surface area contributed by atoms with Crippen molar-refractivity contribution in [3.63, 3.8) is 0 Å². The molecule has 1 saturated carbocycles. The number of aryl methyl sites for hydroxylation is 1. The zero-order valence-electron chi connectivity index (χ0n) is 9.95. The second-order valence-electron chi connectivity index (χ2n) is 4.24. The molecule has 2 nitrogen and oxygen atoms in total. The van der Waals surface area contributed by atoms with Gasteiger partial charge in [0, 0.05) is 17.5 Å². The van der Waals surface area contributed by atoms with Crippen molar-refractivity contribution < 1.29 is 9.47 Å². The van der Waals surface area contributed by atoms with Crippen LogP contribution in [0.5, 0.6) is 5.75 Å². The molecule has 0 saturated heterocycles. The second kappa shape index (κ2) is 5.59. The lowest BCUT2D eigenvalue weighted by Gasteiger charge is -2.40. The first-order valence-electron chi connectivity index (χ1n) is 5.80. The molecule has 1 fully saturated rings. The molecule has 0 heterocycles. The smallest absolute Gasteiger partial charge is 0.128 e. The maximum atomic E-state index is 6.11. The third kappa shape index (κ3) is 2.95. The highest BCUT2D eigenvalue weighted by Crippen LogP contribution is 2.34. The van der Waals surface area contributed by atoms with E-state index < -0.39 is 0 Å². The molecule has 0 aromatic heterocycles. The quantitative estimate of drug-likeness (QED) is 0.783. The van der Waals surface area contributed by atoms with Gasteiger partial charge in [-0.2, -0.15) is 0 Å². The zero-order chi connectivity index (χ0) is 12.4. The minimum atomic E-state index is 0.0139. The summed E-state index contributed by atoms with van der Waals surface area (Å²) in [5.74, 6) is 0.901. The van der Waals surface area contributed by atoms with Crippen LogP contribution in [0.2, 0.25) is 0 Å². The lowest BCUT2D eigenvalue weighted by atomic mass is 9.91. The molecule has 2 rings (SSSR count). The Balaban J connectivity index is 2.03. The molecule has 1 aromatic carbocycles. The maximum Gasteiger partial charge on any atom is 0.128 e. The summed E-state index contributed by atoms with van der Waals surface area (Å²) in [5, 5.41) is 0.0763. The van der Waals surface area contributed by atoms with Gasteiger partial charge in [0.1, 0.15) is 18.0 Å². The molecular weight excluding hydrogens is 303 g/mol. The molecule has 0 bridgehead atoms. The Hall–Kier alpha value is -0.250. The van der Waals surface area contributed by atoms with E-state index in [0.717, 1.165) is 22.2 Å². The van der Waals surface area contributed by atoms with Crippen LogP contribution in [0.4, 0.5) is 0 Å². The van der Waals surface area contributed by atoms with Crippen molar-refractivity contribution in [3.05, 3.63) is 28.2 Å². The van der Waals surface area contributed by atoms with Crippen LogP contribution in [0.25, 0.3) is 0 Å². The third-order valence-electron chi connectivity index (χ3n) is 2.97. The number of ether oxygens (including phenoxy) is 2. The zero-order valence-corrected chi connectivity index (χ0v) is 12.3. The van der Waals surface area contributed by atoms with E-state index in [-0.39, 0.29) is 17.6 Å². The van der Waals surface area contributed by atoms with E-state index in [2.05, 4.69) is 15.9 Å². The summed E-state index contributed by atoms with van der Waals surface area (Å²) in [6, 6.07) is 6.03. The van der Waals surface area contributed by atoms with Crippen molar-refractivity contribution in [3.8, 4) is 5.75 Å². The van der Waals surface area contributed by atoms with E-state index in [1.165, 1.54) is 0 Å². The summed E-state index contributed by atoms with van der Waals surface area (Å²) in [7, 11) is 0. The standard InChI is InChI=1S/C13H16BrClO2/c1-3-16-13-10(15)7-12(13)17-11-6-9(14)5-4-8(11)2/h4-6,10,12-13H,3,7H2,1-2H3. The molecule has 3 unspecified atom stereocenters. The molecule has 4 heteroatoms. The topological polar surface area (TPSA) is 18.5 Å². The molecule has 3 atom stereocenters. The van der Waals surface area contributed by atoms with E-state index in [4.69, 9.17) is 21.1 Å². The van der Waals surface area contributed by atoms with E-state index in [1.54, 1.807) is 0 Å². The first kappa shape index (κ1) is 13.2. The summed E-state index contributed by atoms with van der Waals surface area (Å²) >= 11 is 9.56. The predicted molar refractivity (Wildman–Crippen MR) is 73.0 cm³/mol. The van der Waals surface area contributed by atoms with Gasteiger partial charge in [0.05, 0.1) is 5.38 Å². The highest BCUT2D eigenvalue weighted by molar-refractivity contribution is 9.10. The Morgan fingerprint density at radius 2 is 2.24 bits per heavy atom. The Kier molecular flexibility index (Phi) is 4.34. The van der Waals surface area contributed by atoms with E-state index in [1.807, 2.05) is 32.0 Å². The fourth-order valence-electron chi connectivity index (χ4n) is 1.91. The van der Waals surface area contributed by atoms with Gasteiger partial charge in [0.15, 0.2) is 0 Å². The summed E-state index contributed by atoms with van der Waals surface area (Å²) in [4.78, 5) is 0. The lowest BCUT2D eigenvalue weighted by Crippen LogP contribution is -2.52. The number of hydrogen-bond acceptors (Lipinski definition) is 2. The number of hydrogen-bond donors (Lipinski definition) is 0. The summed E-state index contributed by atoms with van der Waals surface area (Å²) in [5.41, 5.74) is 1.13. The molecule has 1 aliphatic rings. The van der Waals surface area contributed by atoms with Crippen molar-refractivity contribution in [1.29, 1.82) is 0 Å². The van der Waals surface area contributed by atoms with Crippen LogP contribution in [-0.4, -0.2) is 24.2 Å². The average molecular weight is 320 g/mol. The van der Waals surface area contributed by atoms with Crippen LogP contribution in [-0.2, 0) is 4.74 Å². The monoisotopic (exact) mass is 318 g/mol. The number of rotatable bonds is 4. The van der Waals surface area contributed by atoms with Gasteiger partial charge in [0.2, 0.25) is 0 Å². The Morgan fingerprint density at radius 3 is 2.88 bits per heavy atom. The van der Waals surface area contributed by atoms with Crippen LogP contribution in [0.3, 0.4) is 0 Å². The van der Waals surface area contributed by atoms with Crippen molar-refractivity contribution in [2.24, 2.45) is 0 Å². The average Bonchev–Trinajstić information content (AvgIpc) is 2.30. The maximum absolute atomic E-state index is 6.11. The normalized spacial score (nSPS) is 27.6. The molecule has 0 amide bonds. The van der Waals surface area contributed by atoms with E-state index >= 15 is 0 Å². The minimum Gasteiger partial charge on any atom is -0.487 e. The summed E-state index contributed by atoms with van der Waals surface area (Å²) < 4.78 is 12.6. The van der Waals surface area contributed by atoms with Crippen LogP contribution in [0, 0.1) is 6.92 Å². The number of halogens is 2. The van der Waals surface area contributed by atoms with Gasteiger partial charge in [-0.1, -0.05) is 22.0 Å². The highest BCUT2D eigenvalue weighted by Gasteiger charge is 2.42. The molecular formula is C13H16BrClO2. The molecule has 0 N–H and O–H groups in total. The molecule has 0 radical (unpaired) electrons. The molecule has 1 aliphatic carbocycles. The van der Waals surface area contributed by atoms with Gasteiger partial charge < -0.3 is 9.47 Å². The van der Waals surface area contributed by atoms with Gasteiger partial charge in [-0.25, -0.2) is 0 Å². The van der Waals surface area contributed by atoms with Crippen LogP contribution < -0.4 is 4.74 Å². The first-order valence-corrected chi connectivity index (χ1v) is 7.03. The van der Waals surface area contributed by atoms with Gasteiger partial charge in [0.25, 0.3) is 0 Å². The SMILES string of the molecule is CCOC1C(Cl)CC1Oc1cc(Br)ccc1C. The number of alkyl halides is 1. The van der Waals surface area contributed by atoms with Gasteiger partial charge in [-0.05, 0) is 31.5 Å². The Labute approximate surface area is 115 Å². The van der Waals surface area contributed by atoms with Crippen molar-refractivity contribution in [2.45, 2.75) is 37.9 Å². The van der Waals surface area contributed by atoms with Crippen LogP contribution >= 0.6 is 27.5 Å². The molecule has 1 aromatic rings. The van der Waals surface area contributed by atoms with Gasteiger partial charge in [-0.15, -0.1) is 11.6 Å². The van der Waals surface area contributed by atoms with Gasteiger partial charge >= 0.3 is 0 Å². The number of benzene rings is 1. The Bertz CT molecular complexity index is 397. The van der Waals surface area contributed by atoms with Crippen molar-refractivity contribution in [2.75, 3.05) is 6.61 Å². The molecule has 17 heavy (non-hydrogen) atoms. The minimum absolute atomic E-state index is 0.0139.